The molecular formula is C23H27NO3. The number of fused-ring (bicyclic) bond motifs is 1. The third-order valence-corrected chi connectivity index (χ3v) is 5.51. The summed E-state index contributed by atoms with van der Waals surface area (Å²) < 4.78 is 62.1. The molecule has 1 atom stereocenters. The second-order valence-corrected chi connectivity index (χ2v) is 7.22. The van der Waals surface area contributed by atoms with Crippen LogP contribution in [0.1, 0.15) is 50.3 Å². The minimum absolute atomic E-state index is 0.00448. The van der Waals surface area contributed by atoms with Crippen molar-refractivity contribution >= 4 is 5.78 Å². The lowest BCUT2D eigenvalue weighted by atomic mass is 9.85. The van der Waals surface area contributed by atoms with Crippen molar-refractivity contribution in [3.8, 4) is 11.5 Å². The van der Waals surface area contributed by atoms with E-state index in [1.807, 2.05) is 0 Å². The maximum Gasteiger partial charge on any atom is 0.166 e. The molecule has 1 N–H and O–H groups in total. The Balaban J connectivity index is 1.45. The minimum Gasteiger partial charge on any atom is -0.504 e. The normalized spacial score (nSPS) is 24.9. The number of methoxy groups -OCH3 is 1. The van der Waals surface area contributed by atoms with Gasteiger partial charge in [0.1, 0.15) is 0 Å². The van der Waals surface area contributed by atoms with Crippen LogP contribution in [-0.4, -0.2) is 36.0 Å². The summed E-state index contributed by atoms with van der Waals surface area (Å²) in [6.45, 7) is -1.52. The lowest BCUT2D eigenvalue weighted by Crippen LogP contribution is -2.34. The molecule has 1 unspecified atom stereocenters. The Morgan fingerprint density at radius 1 is 1.26 bits per heavy atom. The third-order valence-electron chi connectivity index (χ3n) is 5.51. The highest BCUT2D eigenvalue weighted by atomic mass is 16.5. The predicted octanol–water partition coefficient (Wildman–Crippen LogP) is 4.06. The van der Waals surface area contributed by atoms with Gasteiger partial charge in [0.25, 0.3) is 0 Å². The Bertz CT molecular complexity index is 1120. The van der Waals surface area contributed by atoms with Crippen molar-refractivity contribution in [3.05, 3.63) is 59.0 Å². The molecule has 0 amide bonds. The Labute approximate surface area is 170 Å². The number of nitrogens with zero attached hydrogens (tertiary/aromatic N) is 1. The topological polar surface area (TPSA) is 49.8 Å². The molecule has 2 aromatic carbocycles. The number of hydrogen-bond donors (Lipinski definition) is 1. The highest BCUT2D eigenvalue weighted by molar-refractivity contribution is 6.02. The van der Waals surface area contributed by atoms with Gasteiger partial charge in [-0.1, -0.05) is 30.2 Å². The number of Topliss-reactive ketones (excluding diaryl/α,β-unsaturated/α-hetero) is 1. The van der Waals surface area contributed by atoms with Gasteiger partial charge >= 0.3 is 0 Å². The number of ether oxygens (including phenoxy) is 1. The molecule has 0 radical (unpaired) electrons. The Morgan fingerprint density at radius 3 is 2.70 bits per heavy atom. The number of ketones is 1. The number of piperidine rings is 1. The molecule has 0 aromatic heterocycles. The maximum absolute atomic E-state index is 12.9. The summed E-state index contributed by atoms with van der Waals surface area (Å²) in [6, 6.07) is 0.500. The summed E-state index contributed by atoms with van der Waals surface area (Å²) in [4.78, 5) is 14.4. The molecule has 1 saturated heterocycles. The molecule has 1 heterocycles. The van der Waals surface area contributed by atoms with Crippen molar-refractivity contribution in [2.45, 2.75) is 32.2 Å². The van der Waals surface area contributed by atoms with E-state index < -0.39 is 36.7 Å². The number of phenols is 1. The molecule has 2 aromatic rings. The van der Waals surface area contributed by atoms with Gasteiger partial charge in [-0.05, 0) is 68.0 Å². The first-order valence-corrected chi connectivity index (χ1v) is 9.23. The van der Waals surface area contributed by atoms with Crippen LogP contribution in [0.15, 0.2) is 42.3 Å². The third kappa shape index (κ3) is 3.86. The van der Waals surface area contributed by atoms with Crippen LogP contribution in [0.2, 0.25) is 0 Å². The van der Waals surface area contributed by atoms with Crippen LogP contribution in [0.3, 0.4) is 0 Å². The van der Waals surface area contributed by atoms with Crippen LogP contribution in [-0.2, 0) is 12.9 Å². The van der Waals surface area contributed by atoms with Crippen LogP contribution in [0.25, 0.3) is 0 Å². The van der Waals surface area contributed by atoms with Crippen molar-refractivity contribution in [2.24, 2.45) is 11.8 Å². The minimum atomic E-state index is -2.22. The lowest BCUT2D eigenvalue weighted by Gasteiger charge is -2.32. The van der Waals surface area contributed by atoms with Crippen molar-refractivity contribution in [1.82, 2.24) is 4.90 Å². The fourth-order valence-corrected chi connectivity index (χ4v) is 4.09. The van der Waals surface area contributed by atoms with Crippen LogP contribution in [0, 0.1) is 11.8 Å². The average Bonchev–Trinajstić information content (AvgIpc) is 3.10. The molecule has 2 aliphatic rings. The van der Waals surface area contributed by atoms with Crippen LogP contribution < -0.4 is 4.74 Å². The Morgan fingerprint density at radius 2 is 2.00 bits per heavy atom. The molecule has 0 saturated carbocycles. The van der Waals surface area contributed by atoms with Crippen molar-refractivity contribution < 1.29 is 24.2 Å². The fourth-order valence-electron chi connectivity index (χ4n) is 4.09. The second-order valence-electron chi connectivity index (χ2n) is 7.22. The zero-order chi connectivity index (χ0) is 24.9. The molecule has 1 fully saturated rings. The average molecular weight is 373 g/mol. The van der Waals surface area contributed by atoms with E-state index in [2.05, 4.69) is 0 Å². The number of benzene rings is 2. The van der Waals surface area contributed by atoms with E-state index in [9.17, 15) is 9.90 Å². The summed E-state index contributed by atoms with van der Waals surface area (Å²) in [5.41, 5.74) is 1.05. The van der Waals surface area contributed by atoms with Gasteiger partial charge < -0.3 is 9.84 Å². The lowest BCUT2D eigenvalue weighted by molar-refractivity contribution is 0.0895. The van der Waals surface area contributed by atoms with Crippen molar-refractivity contribution in [1.29, 1.82) is 0 Å². The van der Waals surface area contributed by atoms with Gasteiger partial charge in [0, 0.05) is 20.7 Å². The van der Waals surface area contributed by atoms with Gasteiger partial charge in [0.15, 0.2) is 17.3 Å². The molecule has 4 nitrogen and oxygen atoms in total. The van der Waals surface area contributed by atoms with E-state index in [4.69, 9.17) is 14.3 Å². The van der Waals surface area contributed by atoms with E-state index in [1.54, 1.807) is 6.07 Å². The van der Waals surface area contributed by atoms with Gasteiger partial charge in [-0.25, -0.2) is 0 Å². The first-order valence-electron chi connectivity index (χ1n) is 12.7. The van der Waals surface area contributed by atoms with E-state index in [0.29, 0.717) is 50.1 Å². The number of hydrogen-bond acceptors (Lipinski definition) is 4. The van der Waals surface area contributed by atoms with Crippen molar-refractivity contribution in [3.63, 3.8) is 0 Å². The fraction of sp³-hybridized carbons (Fsp3) is 0.435. The van der Waals surface area contributed by atoms with E-state index in [1.165, 1.54) is 18.1 Å². The monoisotopic (exact) mass is 372 g/mol. The maximum atomic E-state index is 12.9. The highest BCUT2D eigenvalue weighted by Gasteiger charge is 2.34. The van der Waals surface area contributed by atoms with E-state index in [-0.39, 0.29) is 28.9 Å². The summed E-state index contributed by atoms with van der Waals surface area (Å²) >= 11 is 0. The molecule has 142 valence electrons. The molecule has 0 spiro atoms. The Kier molecular flexibility index (Phi) is 3.29. The predicted molar refractivity (Wildman–Crippen MR) is 105 cm³/mol. The zero-order valence-electron chi connectivity index (χ0n) is 22.3. The summed E-state index contributed by atoms with van der Waals surface area (Å²) in [7, 11) is 1.46. The number of aromatic hydroxyl groups is 1. The van der Waals surface area contributed by atoms with Crippen LogP contribution in [0.5, 0.6) is 11.5 Å². The quantitative estimate of drug-likeness (QED) is 0.860. The summed E-state index contributed by atoms with van der Waals surface area (Å²) in [5.74, 6) is 0.292. The molecule has 4 rings (SSSR count). The van der Waals surface area contributed by atoms with Gasteiger partial charge in [0.05, 0.1) is 14.0 Å². The summed E-state index contributed by atoms with van der Waals surface area (Å²) in [6.07, 6.45) is 2.50. The summed E-state index contributed by atoms with van der Waals surface area (Å²) in [5, 5.41) is 10.0. The molecule has 27 heavy (non-hydrogen) atoms. The largest absolute Gasteiger partial charge is 0.504 e. The zero-order valence-corrected chi connectivity index (χ0v) is 15.3. The SMILES string of the molecule is [2H]c1c([2H])c([2H])c(C([2H])([2H])N2CCC(CC3Cc4cc(OC)c(O)cc4C3=O)CC2)c([2H])c1[2H]. The second kappa shape index (κ2) is 7.73. The van der Waals surface area contributed by atoms with E-state index in [0.717, 1.165) is 5.56 Å². The number of phenolic OH excluding ortho intramolecular Hbond substituents is 1. The number of carbonyl (C=O) groups excluding carboxylic acids is 1. The first kappa shape index (κ1) is 11.5. The number of rotatable bonds is 5. The molecular weight excluding hydrogens is 338 g/mol. The van der Waals surface area contributed by atoms with Gasteiger partial charge in [-0.3, -0.25) is 9.69 Å². The van der Waals surface area contributed by atoms with Crippen LogP contribution in [0.4, 0.5) is 0 Å². The molecule has 1 aliphatic carbocycles. The molecule has 1 aliphatic heterocycles. The smallest absolute Gasteiger partial charge is 0.166 e. The van der Waals surface area contributed by atoms with Gasteiger partial charge in [-0.15, -0.1) is 0 Å². The number of likely N-dealkylation sites (tertiary alicyclic amines) is 1. The molecule has 0 bridgehead atoms. The van der Waals surface area contributed by atoms with Crippen LogP contribution >= 0.6 is 0 Å². The molecule has 4 heteroatoms. The Hall–Kier alpha value is -2.33. The standard InChI is InChI=1S/C23H27NO3/c1-27-22-13-18-12-19(23(26)20(18)14-21(22)25)11-16-7-9-24(10-8-16)15-17-5-3-2-4-6-17/h2-6,13-14,16,19,25H,7-12,15H2,1H3/i2D,3D,4D,5D,6D,15D2. The van der Waals surface area contributed by atoms with E-state index >= 15 is 0 Å². The van der Waals surface area contributed by atoms with Crippen molar-refractivity contribution in [2.75, 3.05) is 20.2 Å². The first-order chi connectivity index (χ1) is 16.0. The number of carbonyl (C=O) groups is 1. The van der Waals surface area contributed by atoms with Gasteiger partial charge in [-0.2, -0.15) is 0 Å². The highest BCUT2D eigenvalue weighted by Crippen LogP contribution is 2.39. The van der Waals surface area contributed by atoms with Gasteiger partial charge in [0.2, 0.25) is 0 Å².